The van der Waals surface area contributed by atoms with E-state index >= 15 is 0 Å². The molecule has 1 fully saturated rings. The summed E-state index contributed by atoms with van der Waals surface area (Å²) < 4.78 is 6.07. The number of nitrogen functional groups attached to an aromatic ring is 1. The lowest BCUT2D eigenvalue weighted by molar-refractivity contribution is 0.319. The third kappa shape index (κ3) is 3.05. The van der Waals surface area contributed by atoms with Crippen molar-refractivity contribution in [1.29, 1.82) is 0 Å². The first-order valence-electron chi connectivity index (χ1n) is 6.51. The molecule has 2 rings (SSSR count). The van der Waals surface area contributed by atoms with Crippen molar-refractivity contribution in [3.05, 3.63) is 18.2 Å². The van der Waals surface area contributed by atoms with Crippen LogP contribution < -0.4 is 15.8 Å². The molecule has 0 saturated heterocycles. The van der Waals surface area contributed by atoms with E-state index in [1.54, 1.807) is 0 Å². The average Bonchev–Trinajstić information content (AvgIpc) is 3.17. The van der Waals surface area contributed by atoms with Crippen LogP contribution >= 0.6 is 11.8 Å². The van der Waals surface area contributed by atoms with Gasteiger partial charge in [-0.25, -0.2) is 0 Å². The summed E-state index contributed by atoms with van der Waals surface area (Å²) >= 11 is 1.95. The summed E-state index contributed by atoms with van der Waals surface area (Å²) in [5.41, 5.74) is 7.84. The smallest absolute Gasteiger partial charge is 0.144 e. The van der Waals surface area contributed by atoms with Gasteiger partial charge in [0.25, 0.3) is 0 Å². The summed E-state index contributed by atoms with van der Waals surface area (Å²) in [6.07, 6.45) is 5.77. The fraction of sp³-hybridized carbons (Fsp3) is 0.571. The van der Waals surface area contributed by atoms with Gasteiger partial charge in [-0.3, -0.25) is 0 Å². The minimum atomic E-state index is 0.437. The summed E-state index contributed by atoms with van der Waals surface area (Å²) in [4.78, 5) is 0. The summed E-state index contributed by atoms with van der Waals surface area (Å²) in [7, 11) is 0. The standard InChI is InChI=1S/C14H22N2OS/c1-3-9-17-12-6-4-5-11(13(12)15)16-10-14(18-2)7-8-14/h4-6,16H,3,7-10,15H2,1-2H3. The molecule has 1 aliphatic rings. The predicted molar refractivity (Wildman–Crippen MR) is 80.6 cm³/mol. The van der Waals surface area contributed by atoms with Crippen molar-refractivity contribution in [3.63, 3.8) is 0 Å². The Balaban J connectivity index is 1.99. The van der Waals surface area contributed by atoms with Crippen molar-refractivity contribution in [2.24, 2.45) is 0 Å². The van der Waals surface area contributed by atoms with E-state index in [1.807, 2.05) is 30.0 Å². The number of ether oxygens (including phenoxy) is 1. The molecule has 1 aromatic rings. The first-order chi connectivity index (χ1) is 8.71. The van der Waals surface area contributed by atoms with Crippen molar-refractivity contribution in [3.8, 4) is 5.75 Å². The quantitative estimate of drug-likeness (QED) is 0.743. The van der Waals surface area contributed by atoms with Gasteiger partial charge in [-0.05, 0) is 37.7 Å². The van der Waals surface area contributed by atoms with Gasteiger partial charge in [-0.2, -0.15) is 11.8 Å². The topological polar surface area (TPSA) is 47.3 Å². The highest BCUT2D eigenvalue weighted by atomic mass is 32.2. The van der Waals surface area contributed by atoms with Gasteiger partial charge in [0, 0.05) is 11.3 Å². The molecule has 1 aromatic carbocycles. The lowest BCUT2D eigenvalue weighted by Crippen LogP contribution is -2.18. The minimum Gasteiger partial charge on any atom is -0.491 e. The van der Waals surface area contributed by atoms with Crippen LogP contribution in [0.1, 0.15) is 26.2 Å². The zero-order valence-corrected chi connectivity index (χ0v) is 12.0. The van der Waals surface area contributed by atoms with E-state index in [9.17, 15) is 0 Å². The molecule has 1 aliphatic carbocycles. The Bertz CT molecular complexity index is 405. The van der Waals surface area contributed by atoms with Gasteiger partial charge in [0.15, 0.2) is 0 Å². The average molecular weight is 266 g/mol. The van der Waals surface area contributed by atoms with E-state index in [2.05, 4.69) is 18.5 Å². The zero-order chi connectivity index (χ0) is 13.0. The monoisotopic (exact) mass is 266 g/mol. The van der Waals surface area contributed by atoms with E-state index in [1.165, 1.54) is 12.8 Å². The number of thioether (sulfide) groups is 1. The number of nitrogens with two attached hydrogens (primary N) is 1. The molecule has 1 saturated carbocycles. The second-order valence-corrected chi connectivity index (χ2v) is 6.08. The molecule has 0 bridgehead atoms. The minimum absolute atomic E-state index is 0.437. The largest absolute Gasteiger partial charge is 0.491 e. The summed E-state index contributed by atoms with van der Waals surface area (Å²) in [5, 5.41) is 3.46. The van der Waals surface area contributed by atoms with Crippen LogP contribution in [0.4, 0.5) is 11.4 Å². The van der Waals surface area contributed by atoms with E-state index in [0.29, 0.717) is 11.4 Å². The van der Waals surface area contributed by atoms with Crippen molar-refractivity contribution in [2.45, 2.75) is 30.9 Å². The van der Waals surface area contributed by atoms with Crippen LogP contribution in [0, 0.1) is 0 Å². The van der Waals surface area contributed by atoms with Crippen LogP contribution in [0.2, 0.25) is 0 Å². The molecule has 0 unspecified atom stereocenters. The van der Waals surface area contributed by atoms with Crippen molar-refractivity contribution in [1.82, 2.24) is 0 Å². The Morgan fingerprint density at radius 1 is 1.44 bits per heavy atom. The molecule has 3 nitrogen and oxygen atoms in total. The third-order valence-electron chi connectivity index (χ3n) is 3.37. The Labute approximate surface area is 113 Å². The second-order valence-electron chi connectivity index (χ2n) is 4.81. The first-order valence-corrected chi connectivity index (χ1v) is 7.73. The molecule has 0 heterocycles. The normalized spacial score (nSPS) is 16.3. The van der Waals surface area contributed by atoms with Crippen LogP contribution in [0.15, 0.2) is 18.2 Å². The molecular weight excluding hydrogens is 244 g/mol. The maximum atomic E-state index is 6.12. The van der Waals surface area contributed by atoms with E-state index in [4.69, 9.17) is 10.5 Å². The molecule has 100 valence electrons. The lowest BCUT2D eigenvalue weighted by Gasteiger charge is -2.17. The molecule has 3 N–H and O–H groups in total. The molecule has 18 heavy (non-hydrogen) atoms. The number of para-hydroxylation sites is 1. The Morgan fingerprint density at radius 3 is 2.83 bits per heavy atom. The summed E-state index contributed by atoms with van der Waals surface area (Å²) in [6, 6.07) is 5.94. The Kier molecular flexibility index (Phi) is 4.27. The number of rotatable bonds is 7. The SMILES string of the molecule is CCCOc1cccc(NCC2(SC)CC2)c1N. The Morgan fingerprint density at radius 2 is 2.22 bits per heavy atom. The van der Waals surface area contributed by atoms with Gasteiger partial charge in [-0.1, -0.05) is 13.0 Å². The van der Waals surface area contributed by atoms with E-state index in [-0.39, 0.29) is 0 Å². The molecule has 0 amide bonds. The first kappa shape index (κ1) is 13.4. The highest BCUT2D eigenvalue weighted by molar-refractivity contribution is 8.00. The molecule has 0 atom stereocenters. The molecule has 0 radical (unpaired) electrons. The maximum Gasteiger partial charge on any atom is 0.144 e. The summed E-state index contributed by atoms with van der Waals surface area (Å²) in [6.45, 7) is 3.78. The lowest BCUT2D eigenvalue weighted by atomic mass is 10.2. The van der Waals surface area contributed by atoms with Gasteiger partial charge in [0.1, 0.15) is 5.75 Å². The van der Waals surface area contributed by atoms with Crippen molar-refractivity contribution in [2.75, 3.05) is 30.5 Å². The van der Waals surface area contributed by atoms with E-state index in [0.717, 1.165) is 30.1 Å². The van der Waals surface area contributed by atoms with Crippen molar-refractivity contribution >= 4 is 23.1 Å². The second kappa shape index (κ2) is 5.74. The molecule has 0 spiro atoms. The van der Waals surface area contributed by atoms with Crippen LogP contribution in [0.5, 0.6) is 5.75 Å². The Hall–Kier alpha value is -1.03. The fourth-order valence-corrected chi connectivity index (χ4v) is 2.61. The van der Waals surface area contributed by atoms with Crippen LogP contribution in [0.25, 0.3) is 0 Å². The fourth-order valence-electron chi connectivity index (χ4n) is 1.88. The van der Waals surface area contributed by atoms with Gasteiger partial charge in [-0.15, -0.1) is 0 Å². The number of hydrogen-bond donors (Lipinski definition) is 2. The van der Waals surface area contributed by atoms with Crippen LogP contribution in [-0.2, 0) is 0 Å². The predicted octanol–water partition coefficient (Wildman–Crippen LogP) is 3.37. The molecule has 0 aliphatic heterocycles. The molecule has 4 heteroatoms. The van der Waals surface area contributed by atoms with Gasteiger partial charge < -0.3 is 15.8 Å². The zero-order valence-electron chi connectivity index (χ0n) is 11.2. The highest BCUT2D eigenvalue weighted by Crippen LogP contribution is 2.47. The number of anilines is 2. The molecule has 0 aromatic heterocycles. The molecular formula is C14H22N2OS. The van der Waals surface area contributed by atoms with Gasteiger partial charge in [0.05, 0.1) is 18.0 Å². The number of hydrogen-bond acceptors (Lipinski definition) is 4. The van der Waals surface area contributed by atoms with Crippen LogP contribution in [0.3, 0.4) is 0 Å². The van der Waals surface area contributed by atoms with E-state index < -0.39 is 0 Å². The number of nitrogens with one attached hydrogen (secondary N) is 1. The van der Waals surface area contributed by atoms with Gasteiger partial charge >= 0.3 is 0 Å². The summed E-state index contributed by atoms with van der Waals surface area (Å²) in [5.74, 6) is 0.788. The highest BCUT2D eigenvalue weighted by Gasteiger charge is 2.41. The van der Waals surface area contributed by atoms with Crippen LogP contribution in [-0.4, -0.2) is 24.2 Å². The number of benzene rings is 1. The van der Waals surface area contributed by atoms with Gasteiger partial charge in [0.2, 0.25) is 0 Å². The third-order valence-corrected chi connectivity index (χ3v) is 4.79. The maximum absolute atomic E-state index is 6.12. The van der Waals surface area contributed by atoms with Crippen molar-refractivity contribution < 1.29 is 4.74 Å².